The second-order valence-electron chi connectivity index (χ2n) is 7.46. The van der Waals surface area contributed by atoms with Crippen molar-refractivity contribution in [1.29, 1.82) is 0 Å². The number of imide groups is 1. The van der Waals surface area contributed by atoms with Crippen LogP contribution in [-0.2, 0) is 16.1 Å². The average molecular weight is 464 g/mol. The number of anilines is 2. The summed E-state index contributed by atoms with van der Waals surface area (Å²) < 4.78 is 45.9. The van der Waals surface area contributed by atoms with Crippen molar-refractivity contribution in [2.24, 2.45) is 0 Å². The highest BCUT2D eigenvalue weighted by Crippen LogP contribution is 2.50. The summed E-state index contributed by atoms with van der Waals surface area (Å²) in [7, 11) is 0. The van der Waals surface area contributed by atoms with Gasteiger partial charge in [-0.05, 0) is 55.7 Å². The molecule has 1 N–H and O–H groups in total. The Balaban J connectivity index is 1.57. The number of alkyl halides is 3. The van der Waals surface area contributed by atoms with Gasteiger partial charge in [-0.15, -0.1) is 13.2 Å². The summed E-state index contributed by atoms with van der Waals surface area (Å²) in [5.41, 5.74) is -0.0175. The Morgan fingerprint density at radius 2 is 1.88 bits per heavy atom. The number of ether oxygens (including phenoxy) is 2. The molecule has 1 saturated heterocycles. The normalized spacial score (nSPS) is 16.8. The maximum absolute atomic E-state index is 13.2. The molecule has 0 atom stereocenters. The van der Waals surface area contributed by atoms with Gasteiger partial charge in [-0.1, -0.05) is 0 Å². The van der Waals surface area contributed by atoms with Gasteiger partial charge in [0.05, 0.1) is 30.7 Å². The lowest BCUT2D eigenvalue weighted by Crippen LogP contribution is -2.36. The number of carbonyl (C=O) groups excluding carboxylic acids is 3. The molecule has 12 heteroatoms. The van der Waals surface area contributed by atoms with Gasteiger partial charge >= 0.3 is 18.5 Å². The molecular formula is C21H19F3N4O5. The maximum Gasteiger partial charge on any atom is 0.573 e. The third-order valence-corrected chi connectivity index (χ3v) is 5.34. The number of rotatable bonds is 6. The summed E-state index contributed by atoms with van der Waals surface area (Å²) in [5, 5.41) is 2.56. The first-order chi connectivity index (χ1) is 15.6. The fourth-order valence-corrected chi connectivity index (χ4v) is 3.68. The van der Waals surface area contributed by atoms with Crippen LogP contribution in [0.15, 0.2) is 42.7 Å². The zero-order valence-corrected chi connectivity index (χ0v) is 17.4. The van der Waals surface area contributed by atoms with E-state index >= 15 is 0 Å². The van der Waals surface area contributed by atoms with Crippen LogP contribution in [0.25, 0.3) is 0 Å². The fourth-order valence-electron chi connectivity index (χ4n) is 3.68. The molecule has 33 heavy (non-hydrogen) atoms. The molecule has 4 amide bonds. The molecule has 1 aliphatic heterocycles. The molecule has 0 unspecified atom stereocenters. The molecule has 2 fully saturated rings. The second kappa shape index (κ2) is 8.26. The Hall–Kier alpha value is -3.83. The van der Waals surface area contributed by atoms with Crippen molar-refractivity contribution in [2.45, 2.75) is 38.2 Å². The summed E-state index contributed by atoms with van der Waals surface area (Å²) in [6.07, 6.45) is -1.73. The van der Waals surface area contributed by atoms with Crippen molar-refractivity contribution in [3.05, 3.63) is 48.3 Å². The number of pyridine rings is 1. The molecule has 1 aromatic heterocycles. The van der Waals surface area contributed by atoms with E-state index in [1.165, 1.54) is 29.4 Å². The van der Waals surface area contributed by atoms with E-state index in [0.29, 0.717) is 24.1 Å². The van der Waals surface area contributed by atoms with E-state index in [0.717, 1.165) is 17.0 Å². The van der Waals surface area contributed by atoms with E-state index in [4.69, 9.17) is 4.74 Å². The number of carbonyl (C=O) groups is 3. The summed E-state index contributed by atoms with van der Waals surface area (Å²) in [6, 6.07) is 5.51. The maximum atomic E-state index is 13.2. The Morgan fingerprint density at radius 1 is 1.18 bits per heavy atom. The van der Waals surface area contributed by atoms with Crippen molar-refractivity contribution in [1.82, 2.24) is 9.88 Å². The molecule has 1 aliphatic carbocycles. The summed E-state index contributed by atoms with van der Waals surface area (Å²) in [5.74, 6) is -0.916. The van der Waals surface area contributed by atoms with Crippen LogP contribution >= 0.6 is 0 Å². The van der Waals surface area contributed by atoms with Gasteiger partial charge in [0.1, 0.15) is 11.3 Å². The summed E-state index contributed by atoms with van der Waals surface area (Å²) in [6.45, 7) is 1.84. The monoisotopic (exact) mass is 464 g/mol. The van der Waals surface area contributed by atoms with Gasteiger partial charge in [0.15, 0.2) is 0 Å². The minimum absolute atomic E-state index is 0.0145. The van der Waals surface area contributed by atoms with Gasteiger partial charge in [-0.3, -0.25) is 15.1 Å². The highest BCUT2D eigenvalue weighted by Gasteiger charge is 2.65. The van der Waals surface area contributed by atoms with E-state index < -0.39 is 35.7 Å². The molecule has 1 spiro atoms. The van der Waals surface area contributed by atoms with Crippen LogP contribution in [0.2, 0.25) is 0 Å². The number of nitrogens with one attached hydrogen (secondary N) is 1. The van der Waals surface area contributed by atoms with Crippen LogP contribution in [0.1, 0.15) is 25.3 Å². The van der Waals surface area contributed by atoms with Gasteiger partial charge < -0.3 is 14.4 Å². The molecule has 9 nitrogen and oxygen atoms in total. The molecule has 1 aromatic carbocycles. The fraction of sp³-hybridized carbons (Fsp3) is 0.333. The quantitative estimate of drug-likeness (QED) is 0.648. The smallest absolute Gasteiger partial charge is 0.450 e. The molecule has 2 aromatic rings. The van der Waals surface area contributed by atoms with Crippen LogP contribution in [-0.4, -0.2) is 46.4 Å². The van der Waals surface area contributed by atoms with E-state index in [1.54, 1.807) is 13.0 Å². The number of hydrogen-bond acceptors (Lipinski definition) is 6. The first kappa shape index (κ1) is 22.4. The number of benzene rings is 1. The molecule has 2 heterocycles. The van der Waals surface area contributed by atoms with Crippen molar-refractivity contribution < 1.29 is 37.0 Å². The predicted octanol–water partition coefficient (Wildman–Crippen LogP) is 4.05. The number of urea groups is 1. The van der Waals surface area contributed by atoms with Gasteiger partial charge in [0.25, 0.3) is 5.91 Å². The molecule has 0 bridgehead atoms. The summed E-state index contributed by atoms with van der Waals surface area (Å²) >= 11 is 0. The molecule has 2 aliphatic rings. The van der Waals surface area contributed by atoms with E-state index in [2.05, 4.69) is 15.0 Å². The number of amides is 4. The first-order valence-electron chi connectivity index (χ1n) is 10.0. The van der Waals surface area contributed by atoms with Crippen molar-refractivity contribution in [3.8, 4) is 5.75 Å². The highest BCUT2D eigenvalue weighted by atomic mass is 19.4. The zero-order chi connectivity index (χ0) is 23.8. The topological polar surface area (TPSA) is 101 Å². The molecule has 0 radical (unpaired) electrons. The van der Waals surface area contributed by atoms with Crippen molar-refractivity contribution >= 4 is 29.4 Å². The Kier molecular flexibility index (Phi) is 5.60. The third kappa shape index (κ3) is 4.41. The van der Waals surface area contributed by atoms with Crippen LogP contribution < -0.4 is 15.0 Å². The van der Waals surface area contributed by atoms with Gasteiger partial charge in [0.2, 0.25) is 0 Å². The first-order valence-corrected chi connectivity index (χ1v) is 10.0. The Morgan fingerprint density at radius 3 is 2.48 bits per heavy atom. The number of halogens is 3. The average Bonchev–Trinajstić information content (AvgIpc) is 3.52. The molecule has 174 valence electrons. The lowest BCUT2D eigenvalue weighted by molar-refractivity contribution is -0.274. The van der Waals surface area contributed by atoms with Crippen molar-refractivity contribution in [3.63, 3.8) is 0 Å². The minimum atomic E-state index is -4.85. The van der Waals surface area contributed by atoms with Crippen LogP contribution in [0.5, 0.6) is 5.75 Å². The molecule has 1 saturated carbocycles. The van der Waals surface area contributed by atoms with Crippen LogP contribution in [0, 0.1) is 0 Å². The van der Waals surface area contributed by atoms with E-state index in [-0.39, 0.29) is 18.8 Å². The third-order valence-electron chi connectivity index (χ3n) is 5.34. The van der Waals surface area contributed by atoms with E-state index in [9.17, 15) is 27.6 Å². The number of hydrogen-bond donors (Lipinski definition) is 1. The van der Waals surface area contributed by atoms with Gasteiger partial charge in [0, 0.05) is 6.20 Å². The van der Waals surface area contributed by atoms with Gasteiger partial charge in [-0.25, -0.2) is 14.5 Å². The van der Waals surface area contributed by atoms with E-state index in [1.807, 2.05) is 0 Å². The van der Waals surface area contributed by atoms with Crippen LogP contribution in [0.3, 0.4) is 0 Å². The van der Waals surface area contributed by atoms with Gasteiger partial charge in [-0.2, -0.15) is 0 Å². The summed E-state index contributed by atoms with van der Waals surface area (Å²) in [4.78, 5) is 44.5. The molecular weight excluding hydrogens is 445 g/mol. The van der Waals surface area contributed by atoms with Crippen LogP contribution in [0.4, 0.5) is 34.1 Å². The standard InChI is InChI=1S/C21H19F3N4O5/c1-2-32-18(30)26-16-11-25-10-7-13(16)12-27-19(31)28(17(29)20(27)8-9-20)14-3-5-15(6-4-14)33-21(22,23)24/h3-7,10-11H,2,8-9,12H2,1H3,(H,26,30). The SMILES string of the molecule is CCOC(=O)Nc1cnccc1CN1C(=O)N(c2ccc(OC(F)(F)F)cc2)C(=O)C12CC2. The lowest BCUT2D eigenvalue weighted by Gasteiger charge is -2.22. The number of nitrogens with zero attached hydrogens (tertiary/aromatic N) is 3. The predicted molar refractivity (Wildman–Crippen MR) is 108 cm³/mol. The Bertz CT molecular complexity index is 1090. The largest absolute Gasteiger partial charge is 0.573 e. The number of aromatic nitrogens is 1. The zero-order valence-electron chi connectivity index (χ0n) is 17.4. The highest BCUT2D eigenvalue weighted by molar-refractivity contribution is 6.24. The van der Waals surface area contributed by atoms with Crippen molar-refractivity contribution in [2.75, 3.05) is 16.8 Å². The second-order valence-corrected chi connectivity index (χ2v) is 7.46. The lowest BCUT2D eigenvalue weighted by atomic mass is 10.1. The minimum Gasteiger partial charge on any atom is -0.450 e. The molecule has 4 rings (SSSR count). The Labute approximate surface area is 186 Å².